The van der Waals surface area contributed by atoms with E-state index in [1.54, 1.807) is 11.3 Å². The molecule has 1 aromatic rings. The SMILES string of the molecule is CNC(C)/C(C)=C/c1cc(Cl)cs1. The molecular weight excluding hydrogens is 202 g/mol. The quantitative estimate of drug-likeness (QED) is 0.815. The number of rotatable bonds is 3. The zero-order chi connectivity index (χ0) is 9.84. The van der Waals surface area contributed by atoms with E-state index >= 15 is 0 Å². The fourth-order valence-electron chi connectivity index (χ4n) is 0.981. The van der Waals surface area contributed by atoms with Crippen molar-refractivity contribution in [2.45, 2.75) is 19.9 Å². The average Bonchev–Trinajstić information content (AvgIpc) is 2.49. The highest BCUT2D eigenvalue weighted by molar-refractivity contribution is 7.11. The molecule has 13 heavy (non-hydrogen) atoms. The largest absolute Gasteiger partial charge is 0.314 e. The minimum atomic E-state index is 0.417. The average molecular weight is 216 g/mol. The van der Waals surface area contributed by atoms with Gasteiger partial charge in [0.2, 0.25) is 0 Å². The Kier molecular flexibility index (Phi) is 3.97. The highest BCUT2D eigenvalue weighted by atomic mass is 35.5. The Labute approximate surface area is 88.4 Å². The molecule has 1 atom stereocenters. The monoisotopic (exact) mass is 215 g/mol. The second-order valence-corrected chi connectivity index (χ2v) is 4.45. The summed E-state index contributed by atoms with van der Waals surface area (Å²) in [5, 5.41) is 5.96. The number of likely N-dealkylation sites (N-methyl/N-ethyl adjacent to an activating group) is 1. The predicted molar refractivity (Wildman–Crippen MR) is 61.5 cm³/mol. The lowest BCUT2D eigenvalue weighted by Crippen LogP contribution is -2.21. The molecule has 0 saturated carbocycles. The van der Waals surface area contributed by atoms with Crippen LogP contribution >= 0.6 is 22.9 Å². The molecule has 0 saturated heterocycles. The molecule has 1 nitrogen and oxygen atoms in total. The summed E-state index contributed by atoms with van der Waals surface area (Å²) in [5.74, 6) is 0. The van der Waals surface area contributed by atoms with Gasteiger partial charge >= 0.3 is 0 Å². The Bertz CT molecular complexity index is 304. The van der Waals surface area contributed by atoms with E-state index in [4.69, 9.17) is 11.6 Å². The van der Waals surface area contributed by atoms with Crippen molar-refractivity contribution in [2.24, 2.45) is 0 Å². The molecule has 0 aliphatic carbocycles. The normalized spacial score (nSPS) is 14.6. The Morgan fingerprint density at radius 3 is 2.85 bits per heavy atom. The fourth-order valence-corrected chi connectivity index (χ4v) is 2.06. The van der Waals surface area contributed by atoms with Crippen LogP contribution in [0.25, 0.3) is 6.08 Å². The van der Waals surface area contributed by atoms with Gasteiger partial charge in [-0.1, -0.05) is 17.2 Å². The van der Waals surface area contributed by atoms with Crippen molar-refractivity contribution in [1.29, 1.82) is 0 Å². The number of thiophene rings is 1. The highest BCUT2D eigenvalue weighted by Crippen LogP contribution is 2.22. The maximum absolute atomic E-state index is 5.82. The first-order chi connectivity index (χ1) is 6.13. The van der Waals surface area contributed by atoms with Crippen LogP contribution in [0, 0.1) is 0 Å². The lowest BCUT2D eigenvalue weighted by atomic mass is 10.1. The Morgan fingerprint density at radius 1 is 1.69 bits per heavy atom. The Hall–Kier alpha value is -0.310. The molecular formula is C10H14ClNS. The van der Waals surface area contributed by atoms with E-state index in [-0.39, 0.29) is 0 Å². The zero-order valence-corrected chi connectivity index (χ0v) is 9.67. The summed E-state index contributed by atoms with van der Waals surface area (Å²) in [6.45, 7) is 4.26. The van der Waals surface area contributed by atoms with E-state index in [2.05, 4.69) is 25.2 Å². The molecule has 3 heteroatoms. The van der Waals surface area contributed by atoms with E-state index in [0.29, 0.717) is 6.04 Å². The number of hydrogen-bond donors (Lipinski definition) is 1. The van der Waals surface area contributed by atoms with Gasteiger partial charge in [0.15, 0.2) is 0 Å². The lowest BCUT2D eigenvalue weighted by Gasteiger charge is -2.09. The fraction of sp³-hybridized carbons (Fsp3) is 0.400. The third-order valence-corrected chi connectivity index (χ3v) is 3.30. The predicted octanol–water partition coefficient (Wildman–Crippen LogP) is 3.41. The van der Waals surface area contributed by atoms with Gasteiger partial charge in [-0.15, -0.1) is 11.3 Å². The van der Waals surface area contributed by atoms with Gasteiger partial charge in [-0.2, -0.15) is 0 Å². The standard InChI is InChI=1S/C10H14ClNS/c1-7(8(2)12-3)4-10-5-9(11)6-13-10/h4-6,8,12H,1-3H3/b7-4+. The summed E-state index contributed by atoms with van der Waals surface area (Å²) < 4.78 is 0. The molecule has 0 fully saturated rings. The maximum Gasteiger partial charge on any atom is 0.0519 e. The van der Waals surface area contributed by atoms with Gasteiger partial charge < -0.3 is 5.32 Å². The highest BCUT2D eigenvalue weighted by Gasteiger charge is 2.01. The van der Waals surface area contributed by atoms with Crippen molar-refractivity contribution in [1.82, 2.24) is 5.32 Å². The first-order valence-corrected chi connectivity index (χ1v) is 5.48. The van der Waals surface area contributed by atoms with Crippen LogP contribution in [0.5, 0.6) is 0 Å². The first-order valence-electron chi connectivity index (χ1n) is 4.23. The molecule has 1 N–H and O–H groups in total. The summed E-state index contributed by atoms with van der Waals surface area (Å²) in [4.78, 5) is 1.21. The second-order valence-electron chi connectivity index (χ2n) is 3.07. The summed E-state index contributed by atoms with van der Waals surface area (Å²) in [7, 11) is 1.96. The molecule has 72 valence electrons. The molecule has 0 aliphatic rings. The summed E-state index contributed by atoms with van der Waals surface area (Å²) in [6.07, 6.45) is 2.16. The van der Waals surface area contributed by atoms with Gasteiger partial charge in [-0.05, 0) is 33.0 Å². The third kappa shape index (κ3) is 3.14. The number of nitrogens with one attached hydrogen (secondary N) is 1. The molecule has 0 radical (unpaired) electrons. The minimum absolute atomic E-state index is 0.417. The van der Waals surface area contributed by atoms with Gasteiger partial charge in [-0.25, -0.2) is 0 Å². The van der Waals surface area contributed by atoms with Gasteiger partial charge in [-0.3, -0.25) is 0 Å². The molecule has 0 aliphatic heterocycles. The zero-order valence-electron chi connectivity index (χ0n) is 8.10. The number of hydrogen-bond acceptors (Lipinski definition) is 2. The smallest absolute Gasteiger partial charge is 0.0519 e. The van der Waals surface area contributed by atoms with Crippen LogP contribution in [-0.4, -0.2) is 13.1 Å². The summed E-state index contributed by atoms with van der Waals surface area (Å²) in [6, 6.07) is 2.40. The lowest BCUT2D eigenvalue weighted by molar-refractivity contribution is 0.696. The summed E-state index contributed by atoms with van der Waals surface area (Å²) >= 11 is 7.49. The van der Waals surface area contributed by atoms with Crippen molar-refractivity contribution in [3.63, 3.8) is 0 Å². The van der Waals surface area contributed by atoms with Crippen molar-refractivity contribution >= 4 is 29.0 Å². The minimum Gasteiger partial charge on any atom is -0.314 e. The van der Waals surface area contributed by atoms with E-state index in [0.717, 1.165) is 5.02 Å². The Balaban J connectivity index is 2.76. The van der Waals surface area contributed by atoms with Crippen molar-refractivity contribution in [3.05, 3.63) is 26.9 Å². The molecule has 1 heterocycles. The van der Waals surface area contributed by atoms with Crippen molar-refractivity contribution in [3.8, 4) is 0 Å². The Morgan fingerprint density at radius 2 is 2.38 bits per heavy atom. The van der Waals surface area contributed by atoms with E-state index < -0.39 is 0 Å². The van der Waals surface area contributed by atoms with Gasteiger partial charge in [0.1, 0.15) is 0 Å². The first kappa shape index (κ1) is 10.8. The number of halogens is 1. The van der Waals surface area contributed by atoms with Crippen LogP contribution in [0.15, 0.2) is 17.0 Å². The summed E-state index contributed by atoms with van der Waals surface area (Å²) in [5.41, 5.74) is 1.32. The van der Waals surface area contributed by atoms with E-state index in [1.165, 1.54) is 10.5 Å². The molecule has 1 aromatic heterocycles. The van der Waals surface area contributed by atoms with Crippen LogP contribution in [-0.2, 0) is 0 Å². The molecule has 1 rings (SSSR count). The topological polar surface area (TPSA) is 12.0 Å². The molecule has 0 amide bonds. The van der Waals surface area contributed by atoms with Gasteiger partial charge in [0, 0.05) is 16.3 Å². The maximum atomic E-state index is 5.82. The van der Waals surface area contributed by atoms with Crippen LogP contribution in [0.3, 0.4) is 0 Å². The van der Waals surface area contributed by atoms with Gasteiger partial charge in [0.25, 0.3) is 0 Å². The van der Waals surface area contributed by atoms with E-state index in [1.807, 2.05) is 18.5 Å². The van der Waals surface area contributed by atoms with Crippen molar-refractivity contribution < 1.29 is 0 Å². The van der Waals surface area contributed by atoms with Gasteiger partial charge in [0.05, 0.1) is 5.02 Å². The van der Waals surface area contributed by atoms with Crippen LogP contribution in [0.1, 0.15) is 18.7 Å². The molecule has 0 spiro atoms. The van der Waals surface area contributed by atoms with Crippen molar-refractivity contribution in [2.75, 3.05) is 7.05 Å². The van der Waals surface area contributed by atoms with E-state index in [9.17, 15) is 0 Å². The van der Waals surface area contributed by atoms with Crippen LogP contribution in [0.4, 0.5) is 0 Å². The van der Waals surface area contributed by atoms with Crippen LogP contribution < -0.4 is 5.32 Å². The van der Waals surface area contributed by atoms with Crippen LogP contribution in [0.2, 0.25) is 5.02 Å². The molecule has 0 bridgehead atoms. The second kappa shape index (κ2) is 4.80. The molecule has 1 unspecified atom stereocenters. The third-order valence-electron chi connectivity index (χ3n) is 2.07. The molecule has 0 aromatic carbocycles.